The Bertz CT molecular complexity index is 1410. The van der Waals surface area contributed by atoms with Crippen LogP contribution >= 0.6 is 0 Å². The maximum atomic E-state index is 12.2. The number of hydrogen-bond acceptors (Lipinski definition) is 7. The summed E-state index contributed by atoms with van der Waals surface area (Å²) >= 11 is 0. The summed E-state index contributed by atoms with van der Waals surface area (Å²) in [6, 6.07) is 11.8. The molecule has 0 unspecified atom stereocenters. The van der Waals surface area contributed by atoms with Crippen LogP contribution in [0.1, 0.15) is 25.0 Å². The van der Waals surface area contributed by atoms with Gasteiger partial charge in [0.15, 0.2) is 5.82 Å². The van der Waals surface area contributed by atoms with Gasteiger partial charge in [-0.15, -0.1) is 5.10 Å². The van der Waals surface area contributed by atoms with Crippen molar-refractivity contribution in [2.45, 2.75) is 25.7 Å². The molecule has 4 aromatic rings. The molecule has 6 rings (SSSR count). The van der Waals surface area contributed by atoms with Crippen molar-refractivity contribution >= 4 is 46.1 Å². The number of nitrogens with two attached hydrogens (primary N) is 1. The molecular formula is C23H22N8O. The summed E-state index contributed by atoms with van der Waals surface area (Å²) in [4.78, 5) is 23.7. The lowest BCUT2D eigenvalue weighted by atomic mass is 9.86. The van der Waals surface area contributed by atoms with Crippen LogP contribution in [0.15, 0.2) is 48.8 Å². The van der Waals surface area contributed by atoms with Crippen LogP contribution in [0.2, 0.25) is 0 Å². The Hall–Kier alpha value is -4.14. The van der Waals surface area contributed by atoms with E-state index in [1.54, 1.807) is 16.9 Å². The first kappa shape index (κ1) is 18.6. The number of fused-ring (bicyclic) bond motifs is 3. The highest BCUT2D eigenvalue weighted by Crippen LogP contribution is 2.39. The third-order valence-corrected chi connectivity index (χ3v) is 6.26. The molecule has 0 atom stereocenters. The van der Waals surface area contributed by atoms with Gasteiger partial charge in [-0.1, -0.05) is 12.1 Å². The molecule has 160 valence electrons. The molecule has 32 heavy (non-hydrogen) atoms. The van der Waals surface area contributed by atoms with Crippen molar-refractivity contribution in [3.8, 4) is 0 Å². The van der Waals surface area contributed by atoms with Crippen LogP contribution < -0.4 is 21.3 Å². The molecule has 9 heteroatoms. The van der Waals surface area contributed by atoms with E-state index in [2.05, 4.69) is 31.7 Å². The van der Waals surface area contributed by atoms with Crippen LogP contribution in [0.3, 0.4) is 0 Å². The van der Waals surface area contributed by atoms with E-state index in [0.717, 1.165) is 47.1 Å². The molecule has 0 saturated heterocycles. The predicted molar refractivity (Wildman–Crippen MR) is 124 cm³/mol. The third kappa shape index (κ3) is 2.71. The number of amides is 1. The molecule has 4 N–H and O–H groups in total. The van der Waals surface area contributed by atoms with Gasteiger partial charge in [-0.3, -0.25) is 4.79 Å². The SMILES string of the molecule is CC1(C)C(=O)Nc2cc(Nc3nc4c(N5CCc6ccc(N)cc65)nccn4n3)ccc21. The normalized spacial score (nSPS) is 16.2. The van der Waals surface area contributed by atoms with Crippen LogP contribution in [0, 0.1) is 0 Å². The summed E-state index contributed by atoms with van der Waals surface area (Å²) in [5, 5.41) is 10.8. The molecular weight excluding hydrogens is 404 g/mol. The van der Waals surface area contributed by atoms with Gasteiger partial charge < -0.3 is 21.3 Å². The Morgan fingerprint density at radius 3 is 2.94 bits per heavy atom. The Kier molecular flexibility index (Phi) is 3.74. The van der Waals surface area contributed by atoms with Gasteiger partial charge in [-0.2, -0.15) is 4.98 Å². The maximum absolute atomic E-state index is 12.2. The minimum Gasteiger partial charge on any atom is -0.399 e. The summed E-state index contributed by atoms with van der Waals surface area (Å²) in [5.41, 5.74) is 11.7. The van der Waals surface area contributed by atoms with Crippen LogP contribution in [0.5, 0.6) is 0 Å². The molecule has 2 aliphatic rings. The zero-order chi connectivity index (χ0) is 22.0. The number of nitrogens with zero attached hydrogens (tertiary/aromatic N) is 5. The fourth-order valence-corrected chi connectivity index (χ4v) is 4.46. The number of anilines is 6. The Morgan fingerprint density at radius 2 is 2.06 bits per heavy atom. The first-order valence-corrected chi connectivity index (χ1v) is 10.5. The summed E-state index contributed by atoms with van der Waals surface area (Å²) in [6.07, 6.45) is 4.42. The highest BCUT2D eigenvalue weighted by molar-refractivity contribution is 6.06. The second-order valence-electron chi connectivity index (χ2n) is 8.71. The molecule has 9 nitrogen and oxygen atoms in total. The Morgan fingerprint density at radius 1 is 1.19 bits per heavy atom. The first-order chi connectivity index (χ1) is 15.4. The lowest BCUT2D eigenvalue weighted by Crippen LogP contribution is -2.26. The zero-order valence-corrected chi connectivity index (χ0v) is 17.8. The Balaban J connectivity index is 1.35. The number of hydrogen-bond donors (Lipinski definition) is 3. The van der Waals surface area contributed by atoms with Gasteiger partial charge in [0.25, 0.3) is 0 Å². The number of carbonyl (C=O) groups is 1. The molecule has 0 fully saturated rings. The summed E-state index contributed by atoms with van der Waals surface area (Å²) < 4.78 is 1.72. The molecule has 0 bridgehead atoms. The highest BCUT2D eigenvalue weighted by Gasteiger charge is 2.38. The number of carbonyl (C=O) groups excluding carboxylic acids is 1. The Labute approximate surface area is 184 Å². The zero-order valence-electron chi connectivity index (χ0n) is 17.8. The molecule has 0 radical (unpaired) electrons. The van der Waals surface area contributed by atoms with Crippen molar-refractivity contribution in [1.82, 2.24) is 19.6 Å². The van der Waals surface area contributed by atoms with Crippen LogP contribution in [-0.2, 0) is 16.6 Å². The standard InChI is InChI=1S/C23H22N8O/c1-23(2)16-6-5-15(12-17(16)27-21(23)32)26-22-28-20-19(25-8-10-31(20)29-22)30-9-7-13-3-4-14(24)11-18(13)30/h3-6,8,10-12H,7,9,24H2,1-2H3,(H,26,29)(H,27,32). The van der Waals surface area contributed by atoms with Crippen LogP contribution in [0.4, 0.5) is 34.5 Å². The minimum atomic E-state index is -0.537. The molecule has 0 spiro atoms. The topological polar surface area (TPSA) is 113 Å². The number of benzene rings is 2. The quantitative estimate of drug-likeness (QED) is 0.430. The van der Waals surface area contributed by atoms with E-state index in [9.17, 15) is 4.79 Å². The highest BCUT2D eigenvalue weighted by atomic mass is 16.2. The van der Waals surface area contributed by atoms with Crippen LogP contribution in [0.25, 0.3) is 5.65 Å². The van der Waals surface area contributed by atoms with Crippen molar-refractivity contribution in [3.05, 3.63) is 59.9 Å². The van der Waals surface area contributed by atoms with Gasteiger partial charge in [0, 0.05) is 41.7 Å². The largest absolute Gasteiger partial charge is 0.399 e. The molecule has 0 saturated carbocycles. The maximum Gasteiger partial charge on any atom is 0.247 e. The fourth-order valence-electron chi connectivity index (χ4n) is 4.46. The minimum absolute atomic E-state index is 0.00208. The van der Waals surface area contributed by atoms with E-state index in [1.807, 2.05) is 44.2 Å². The van der Waals surface area contributed by atoms with E-state index < -0.39 is 5.41 Å². The number of nitrogen functional groups attached to an aromatic ring is 1. The van der Waals surface area contributed by atoms with E-state index in [1.165, 1.54) is 5.56 Å². The van der Waals surface area contributed by atoms with Crippen molar-refractivity contribution in [2.24, 2.45) is 0 Å². The average molecular weight is 426 g/mol. The van der Waals surface area contributed by atoms with Crippen molar-refractivity contribution < 1.29 is 4.79 Å². The summed E-state index contributed by atoms with van der Waals surface area (Å²) in [7, 11) is 0. The first-order valence-electron chi connectivity index (χ1n) is 10.5. The number of aromatic nitrogens is 4. The molecule has 2 aliphatic heterocycles. The monoisotopic (exact) mass is 426 g/mol. The van der Waals surface area contributed by atoms with E-state index >= 15 is 0 Å². The number of rotatable bonds is 3. The van der Waals surface area contributed by atoms with Gasteiger partial charge in [-0.25, -0.2) is 9.50 Å². The molecule has 0 aliphatic carbocycles. The average Bonchev–Trinajstić information content (AvgIpc) is 3.42. The van der Waals surface area contributed by atoms with Crippen molar-refractivity contribution in [2.75, 3.05) is 27.8 Å². The lowest BCUT2D eigenvalue weighted by molar-refractivity contribution is -0.119. The van der Waals surface area contributed by atoms with E-state index in [-0.39, 0.29) is 5.91 Å². The molecule has 4 heterocycles. The fraction of sp³-hybridized carbons (Fsp3) is 0.217. The second-order valence-corrected chi connectivity index (χ2v) is 8.71. The van der Waals surface area contributed by atoms with Crippen LogP contribution in [-0.4, -0.2) is 32.0 Å². The van der Waals surface area contributed by atoms with Gasteiger partial charge >= 0.3 is 0 Å². The summed E-state index contributed by atoms with van der Waals surface area (Å²) in [5.74, 6) is 1.19. The summed E-state index contributed by atoms with van der Waals surface area (Å²) in [6.45, 7) is 4.65. The van der Waals surface area contributed by atoms with Crippen molar-refractivity contribution in [3.63, 3.8) is 0 Å². The van der Waals surface area contributed by atoms with Crippen molar-refractivity contribution in [1.29, 1.82) is 0 Å². The van der Waals surface area contributed by atoms with Gasteiger partial charge in [-0.05, 0) is 55.7 Å². The van der Waals surface area contributed by atoms with Gasteiger partial charge in [0.2, 0.25) is 17.5 Å². The van der Waals surface area contributed by atoms with E-state index in [0.29, 0.717) is 11.6 Å². The van der Waals surface area contributed by atoms with Gasteiger partial charge in [0.1, 0.15) is 0 Å². The molecule has 2 aromatic heterocycles. The van der Waals surface area contributed by atoms with Gasteiger partial charge in [0.05, 0.1) is 5.41 Å². The van der Waals surface area contributed by atoms with E-state index in [4.69, 9.17) is 10.7 Å². The molecule has 1 amide bonds. The number of nitrogens with one attached hydrogen (secondary N) is 2. The third-order valence-electron chi connectivity index (χ3n) is 6.26. The lowest BCUT2D eigenvalue weighted by Gasteiger charge is -2.18. The molecule has 2 aromatic carbocycles. The smallest absolute Gasteiger partial charge is 0.247 e. The predicted octanol–water partition coefficient (Wildman–Crippen LogP) is 3.37. The second kappa shape index (κ2) is 6.43.